The van der Waals surface area contributed by atoms with E-state index in [2.05, 4.69) is 15.9 Å². The van der Waals surface area contributed by atoms with Gasteiger partial charge in [0.15, 0.2) is 9.84 Å². The molecule has 1 fully saturated rings. The molecule has 0 amide bonds. The van der Waals surface area contributed by atoms with Gasteiger partial charge in [-0.1, -0.05) is 22.0 Å². The molecule has 0 aromatic heterocycles. The Balaban J connectivity index is 2.21. The normalized spacial score (nSPS) is 21.2. The van der Waals surface area contributed by atoms with Crippen LogP contribution in [0.15, 0.2) is 22.7 Å². The van der Waals surface area contributed by atoms with Crippen molar-refractivity contribution < 1.29 is 12.8 Å². The van der Waals surface area contributed by atoms with Gasteiger partial charge >= 0.3 is 0 Å². The summed E-state index contributed by atoms with van der Waals surface area (Å²) in [7, 11) is -2.94. The molecular formula is C12H16BrFN2O2S. The minimum absolute atomic E-state index is 0.113. The van der Waals surface area contributed by atoms with Crippen molar-refractivity contribution in [2.24, 2.45) is 5.73 Å². The van der Waals surface area contributed by atoms with Crippen molar-refractivity contribution in [1.82, 2.24) is 4.90 Å². The van der Waals surface area contributed by atoms with Crippen LogP contribution < -0.4 is 5.73 Å². The van der Waals surface area contributed by atoms with Gasteiger partial charge in [-0.15, -0.1) is 0 Å². The van der Waals surface area contributed by atoms with Gasteiger partial charge in [-0.05, 0) is 12.1 Å². The van der Waals surface area contributed by atoms with E-state index in [9.17, 15) is 12.8 Å². The molecule has 19 heavy (non-hydrogen) atoms. The van der Waals surface area contributed by atoms with E-state index >= 15 is 0 Å². The lowest BCUT2D eigenvalue weighted by molar-refractivity contribution is 0.214. The molecule has 1 aromatic carbocycles. The van der Waals surface area contributed by atoms with Gasteiger partial charge in [0.1, 0.15) is 5.82 Å². The molecule has 1 atom stereocenters. The largest absolute Gasteiger partial charge is 0.329 e. The summed E-state index contributed by atoms with van der Waals surface area (Å²) in [6.45, 7) is 1.07. The van der Waals surface area contributed by atoms with E-state index in [1.54, 1.807) is 12.1 Å². The Bertz CT molecular complexity index is 551. The fraction of sp³-hybridized carbons (Fsp3) is 0.500. The number of nitrogens with zero attached hydrogens (tertiary/aromatic N) is 1. The number of halogens is 2. The summed E-state index contributed by atoms with van der Waals surface area (Å²) in [5.74, 6) is -0.0956. The molecule has 0 spiro atoms. The lowest BCUT2D eigenvalue weighted by Crippen LogP contribution is -2.44. The predicted molar refractivity (Wildman–Crippen MR) is 76.1 cm³/mol. The third kappa shape index (κ3) is 3.53. The summed E-state index contributed by atoms with van der Waals surface area (Å²) in [5.41, 5.74) is 6.26. The maximum Gasteiger partial charge on any atom is 0.152 e. The van der Waals surface area contributed by atoms with Crippen LogP contribution in [-0.4, -0.2) is 44.5 Å². The zero-order chi connectivity index (χ0) is 14.0. The Labute approximate surface area is 120 Å². The summed E-state index contributed by atoms with van der Waals surface area (Å²) in [6.07, 6.45) is 0. The zero-order valence-electron chi connectivity index (χ0n) is 10.4. The summed E-state index contributed by atoms with van der Waals surface area (Å²) < 4.78 is 37.5. The van der Waals surface area contributed by atoms with Crippen LogP contribution >= 0.6 is 15.9 Å². The Morgan fingerprint density at radius 2 is 2.00 bits per heavy atom. The first-order chi connectivity index (χ1) is 8.93. The first-order valence-corrected chi connectivity index (χ1v) is 8.64. The van der Waals surface area contributed by atoms with Gasteiger partial charge in [0.05, 0.1) is 11.5 Å². The number of hydrogen-bond acceptors (Lipinski definition) is 4. The van der Waals surface area contributed by atoms with Gasteiger partial charge in [-0.25, -0.2) is 12.8 Å². The smallest absolute Gasteiger partial charge is 0.152 e. The molecule has 2 N–H and O–H groups in total. The molecule has 1 unspecified atom stereocenters. The van der Waals surface area contributed by atoms with Crippen LogP contribution in [0, 0.1) is 5.82 Å². The molecule has 4 nitrogen and oxygen atoms in total. The van der Waals surface area contributed by atoms with E-state index in [4.69, 9.17) is 5.73 Å². The molecule has 1 aliphatic rings. The van der Waals surface area contributed by atoms with Gasteiger partial charge in [0.2, 0.25) is 0 Å². The average molecular weight is 351 g/mol. The van der Waals surface area contributed by atoms with Crippen molar-refractivity contribution in [3.63, 3.8) is 0 Å². The lowest BCUT2D eigenvalue weighted by atomic mass is 10.0. The molecule has 0 radical (unpaired) electrons. The van der Waals surface area contributed by atoms with Crippen molar-refractivity contribution in [1.29, 1.82) is 0 Å². The molecule has 7 heteroatoms. The fourth-order valence-corrected chi connectivity index (χ4v) is 3.85. The van der Waals surface area contributed by atoms with Gasteiger partial charge < -0.3 is 5.73 Å². The van der Waals surface area contributed by atoms with E-state index < -0.39 is 9.84 Å². The molecule has 0 bridgehead atoms. The van der Waals surface area contributed by atoms with Gasteiger partial charge in [-0.2, -0.15) is 0 Å². The van der Waals surface area contributed by atoms with Crippen molar-refractivity contribution >= 4 is 25.8 Å². The number of hydrogen-bond donors (Lipinski definition) is 1. The summed E-state index contributed by atoms with van der Waals surface area (Å²) in [5, 5.41) is 0. The Kier molecular flexibility index (Phi) is 4.60. The fourth-order valence-electron chi connectivity index (χ4n) is 2.28. The first-order valence-electron chi connectivity index (χ1n) is 6.02. The summed E-state index contributed by atoms with van der Waals surface area (Å²) in [6, 6.07) is 4.59. The monoisotopic (exact) mass is 350 g/mol. The van der Waals surface area contributed by atoms with Crippen molar-refractivity contribution in [3.8, 4) is 0 Å². The van der Waals surface area contributed by atoms with Crippen LogP contribution in [0.2, 0.25) is 0 Å². The number of rotatable bonds is 3. The molecule has 106 valence electrons. The minimum atomic E-state index is -2.94. The Morgan fingerprint density at radius 3 is 2.53 bits per heavy atom. The van der Waals surface area contributed by atoms with Crippen LogP contribution in [0.1, 0.15) is 11.6 Å². The number of nitrogens with two attached hydrogens (primary N) is 1. The Hall–Kier alpha value is -0.500. The first kappa shape index (κ1) is 14.9. The Morgan fingerprint density at radius 1 is 1.37 bits per heavy atom. The maximum atomic E-state index is 14.0. The molecule has 0 aliphatic carbocycles. The van der Waals surface area contributed by atoms with Gasteiger partial charge in [0, 0.05) is 35.7 Å². The zero-order valence-corrected chi connectivity index (χ0v) is 12.8. The highest BCUT2D eigenvalue weighted by atomic mass is 79.9. The highest BCUT2D eigenvalue weighted by Crippen LogP contribution is 2.26. The van der Waals surface area contributed by atoms with Crippen molar-refractivity contribution in [3.05, 3.63) is 34.1 Å². The highest BCUT2D eigenvalue weighted by molar-refractivity contribution is 9.10. The van der Waals surface area contributed by atoms with Crippen LogP contribution in [0.4, 0.5) is 4.39 Å². The number of sulfone groups is 1. The third-order valence-corrected chi connectivity index (χ3v) is 5.47. The molecular weight excluding hydrogens is 335 g/mol. The summed E-state index contributed by atoms with van der Waals surface area (Å²) >= 11 is 3.21. The van der Waals surface area contributed by atoms with E-state index in [1.807, 2.05) is 4.90 Å². The van der Waals surface area contributed by atoms with E-state index in [0.29, 0.717) is 23.1 Å². The molecule has 1 heterocycles. The second-order valence-corrected chi connectivity index (χ2v) is 7.82. The third-order valence-electron chi connectivity index (χ3n) is 3.36. The predicted octanol–water partition coefficient (Wildman–Crippen LogP) is 1.32. The SMILES string of the molecule is NCC(c1ccc(Br)cc1F)N1CCS(=O)(=O)CC1. The van der Waals surface area contributed by atoms with Crippen LogP contribution in [0.3, 0.4) is 0 Å². The van der Waals surface area contributed by atoms with Gasteiger partial charge in [0.25, 0.3) is 0 Å². The van der Waals surface area contributed by atoms with Crippen LogP contribution in [0.5, 0.6) is 0 Å². The molecule has 1 saturated heterocycles. The van der Waals surface area contributed by atoms with Gasteiger partial charge in [-0.3, -0.25) is 4.90 Å². The molecule has 1 aromatic rings. The lowest BCUT2D eigenvalue weighted by Gasteiger charge is -2.34. The number of benzene rings is 1. The van der Waals surface area contributed by atoms with Crippen LogP contribution in [-0.2, 0) is 9.84 Å². The van der Waals surface area contributed by atoms with Crippen molar-refractivity contribution in [2.75, 3.05) is 31.1 Å². The van der Waals surface area contributed by atoms with E-state index in [0.717, 1.165) is 0 Å². The van der Waals surface area contributed by atoms with E-state index in [1.165, 1.54) is 6.07 Å². The maximum absolute atomic E-state index is 14.0. The quantitative estimate of drug-likeness (QED) is 0.892. The topological polar surface area (TPSA) is 63.4 Å². The minimum Gasteiger partial charge on any atom is -0.329 e. The second kappa shape index (κ2) is 5.87. The standard InChI is InChI=1S/C12H16BrFN2O2S/c13-9-1-2-10(11(14)7-9)12(8-15)16-3-5-19(17,18)6-4-16/h1-2,7,12H,3-6,8,15H2. The highest BCUT2D eigenvalue weighted by Gasteiger charge is 2.28. The summed E-state index contributed by atoms with van der Waals surface area (Å²) in [4.78, 5) is 1.94. The molecule has 0 saturated carbocycles. The molecule has 1 aliphatic heterocycles. The van der Waals surface area contributed by atoms with E-state index in [-0.39, 0.29) is 29.9 Å². The van der Waals surface area contributed by atoms with Crippen molar-refractivity contribution in [2.45, 2.75) is 6.04 Å². The average Bonchev–Trinajstić information content (AvgIpc) is 2.34. The van der Waals surface area contributed by atoms with Crippen LogP contribution in [0.25, 0.3) is 0 Å². The molecule has 2 rings (SSSR count). The second-order valence-electron chi connectivity index (χ2n) is 4.61.